The Balaban J connectivity index is 3.01. The van der Waals surface area contributed by atoms with Gasteiger partial charge in [0, 0.05) is 0 Å². The maximum absolute atomic E-state index is 8.27. The molecule has 0 unspecified atom stereocenters. The van der Waals surface area contributed by atoms with Crippen LogP contribution in [0.15, 0.2) is 9.42 Å². The van der Waals surface area contributed by atoms with E-state index >= 15 is 0 Å². The minimum Gasteiger partial charge on any atom is -0.367 e. The minimum absolute atomic E-state index is 0.212. The molecule has 0 saturated heterocycles. The highest BCUT2D eigenvalue weighted by atomic mass is 32.2. The molecule has 5 heteroatoms. The van der Waals surface area contributed by atoms with E-state index in [1.54, 1.807) is 6.92 Å². The number of rotatable bonds is 1. The lowest BCUT2D eigenvalue weighted by atomic mass is 10.5. The van der Waals surface area contributed by atoms with Crippen molar-refractivity contribution < 1.29 is 4.52 Å². The van der Waals surface area contributed by atoms with Crippen LogP contribution in [0.4, 0.5) is 5.88 Å². The fraction of sp³-hybridized carbons (Fsp3) is 0.200. The maximum Gasteiger partial charge on any atom is 0.237 e. The number of nitriles is 1. The molecule has 4 nitrogen and oxygen atoms in total. The van der Waals surface area contributed by atoms with E-state index in [0.717, 1.165) is 11.8 Å². The Labute approximate surface area is 62.0 Å². The summed E-state index contributed by atoms with van der Waals surface area (Å²) in [6, 6.07) is 0. The fourth-order valence-electron chi connectivity index (χ4n) is 0.549. The molecule has 0 bridgehead atoms. The van der Waals surface area contributed by atoms with E-state index in [-0.39, 0.29) is 5.88 Å². The number of aromatic nitrogens is 1. The van der Waals surface area contributed by atoms with E-state index < -0.39 is 0 Å². The van der Waals surface area contributed by atoms with Gasteiger partial charge in [0.25, 0.3) is 0 Å². The third-order valence-electron chi connectivity index (χ3n) is 0.981. The second-order valence-corrected chi connectivity index (χ2v) is 2.45. The molecule has 52 valence electrons. The van der Waals surface area contributed by atoms with Crippen LogP contribution in [0.2, 0.25) is 0 Å². The summed E-state index contributed by atoms with van der Waals surface area (Å²) in [4.78, 5) is 0.613. The van der Waals surface area contributed by atoms with Crippen molar-refractivity contribution in [3.63, 3.8) is 0 Å². The van der Waals surface area contributed by atoms with Crippen LogP contribution in [0.1, 0.15) is 5.69 Å². The first-order chi connectivity index (χ1) is 4.75. The molecule has 0 amide bonds. The van der Waals surface area contributed by atoms with Crippen LogP contribution >= 0.6 is 11.8 Å². The van der Waals surface area contributed by atoms with Gasteiger partial charge in [0.1, 0.15) is 10.3 Å². The number of hydrogen-bond donors (Lipinski definition) is 1. The number of aryl methyl sites for hydroxylation is 1. The van der Waals surface area contributed by atoms with Crippen molar-refractivity contribution >= 4 is 17.6 Å². The van der Waals surface area contributed by atoms with Crippen LogP contribution in [0.3, 0.4) is 0 Å². The van der Waals surface area contributed by atoms with Crippen LogP contribution in [0.5, 0.6) is 0 Å². The van der Waals surface area contributed by atoms with Crippen LogP contribution in [0, 0.1) is 17.6 Å². The Hall–Kier alpha value is -1.15. The Bertz CT molecular complexity index is 255. The normalized spacial score (nSPS) is 9.20. The molecule has 0 aliphatic heterocycles. The van der Waals surface area contributed by atoms with Gasteiger partial charge in [0.2, 0.25) is 5.88 Å². The zero-order chi connectivity index (χ0) is 7.56. The molecule has 1 heterocycles. The van der Waals surface area contributed by atoms with Crippen molar-refractivity contribution in [2.45, 2.75) is 11.8 Å². The molecule has 0 fully saturated rings. The Morgan fingerprint density at radius 1 is 1.80 bits per heavy atom. The summed E-state index contributed by atoms with van der Waals surface area (Å²) < 4.78 is 4.60. The molecule has 0 aromatic carbocycles. The summed E-state index contributed by atoms with van der Waals surface area (Å²) >= 11 is 0.959. The Morgan fingerprint density at radius 3 is 2.90 bits per heavy atom. The summed E-state index contributed by atoms with van der Waals surface area (Å²) in [7, 11) is 0. The molecule has 0 radical (unpaired) electrons. The van der Waals surface area contributed by atoms with E-state index in [2.05, 4.69) is 9.68 Å². The minimum atomic E-state index is 0.212. The fourth-order valence-corrected chi connectivity index (χ4v) is 0.963. The number of nitrogens with zero attached hydrogens (tertiary/aromatic N) is 2. The van der Waals surface area contributed by atoms with E-state index in [4.69, 9.17) is 11.0 Å². The van der Waals surface area contributed by atoms with Crippen molar-refractivity contribution in [1.82, 2.24) is 5.16 Å². The number of thiocyanates is 1. The lowest BCUT2D eigenvalue weighted by Crippen LogP contribution is -1.81. The van der Waals surface area contributed by atoms with Crippen molar-refractivity contribution in [2.24, 2.45) is 0 Å². The van der Waals surface area contributed by atoms with Gasteiger partial charge in [0.15, 0.2) is 0 Å². The van der Waals surface area contributed by atoms with Crippen LogP contribution in [-0.4, -0.2) is 5.16 Å². The van der Waals surface area contributed by atoms with Crippen LogP contribution in [-0.2, 0) is 0 Å². The van der Waals surface area contributed by atoms with Gasteiger partial charge >= 0.3 is 0 Å². The van der Waals surface area contributed by atoms with Crippen molar-refractivity contribution in [3.8, 4) is 5.40 Å². The molecule has 0 atom stereocenters. The SMILES string of the molecule is Cc1noc(N)c1SC#N. The third kappa shape index (κ3) is 1.06. The molecule has 2 N–H and O–H groups in total. The topological polar surface area (TPSA) is 75.8 Å². The summed E-state index contributed by atoms with van der Waals surface area (Å²) in [6.45, 7) is 1.74. The third-order valence-corrected chi connectivity index (χ3v) is 1.77. The van der Waals surface area contributed by atoms with Gasteiger partial charge in [-0.05, 0) is 18.7 Å². The summed E-state index contributed by atoms with van der Waals surface area (Å²) in [6.07, 6.45) is 0. The van der Waals surface area contributed by atoms with Crippen LogP contribution in [0.25, 0.3) is 0 Å². The highest BCUT2D eigenvalue weighted by Crippen LogP contribution is 2.26. The zero-order valence-corrected chi connectivity index (χ0v) is 6.10. The molecule has 1 rings (SSSR count). The number of nitrogen functional groups attached to an aromatic ring is 1. The summed E-state index contributed by atoms with van der Waals surface area (Å²) in [5.74, 6) is 0.212. The second kappa shape index (κ2) is 2.62. The van der Waals surface area contributed by atoms with Gasteiger partial charge in [-0.1, -0.05) is 5.16 Å². The molecule has 0 aliphatic carbocycles. The lowest BCUT2D eigenvalue weighted by Gasteiger charge is -1.85. The van der Waals surface area contributed by atoms with Crippen molar-refractivity contribution in [1.29, 1.82) is 5.26 Å². The molecular weight excluding hydrogens is 150 g/mol. The average Bonchev–Trinajstić information content (AvgIpc) is 2.20. The summed E-state index contributed by atoms with van der Waals surface area (Å²) in [5, 5.41) is 13.7. The van der Waals surface area contributed by atoms with Gasteiger partial charge in [0.05, 0.1) is 5.69 Å². The largest absolute Gasteiger partial charge is 0.367 e. The molecular formula is C5H5N3OS. The van der Waals surface area contributed by atoms with Gasteiger partial charge in [-0.2, -0.15) is 5.26 Å². The van der Waals surface area contributed by atoms with Gasteiger partial charge < -0.3 is 10.3 Å². The molecule has 1 aromatic rings. The van der Waals surface area contributed by atoms with E-state index in [0.29, 0.717) is 10.6 Å². The average molecular weight is 155 g/mol. The van der Waals surface area contributed by atoms with Crippen LogP contribution < -0.4 is 5.73 Å². The molecule has 0 aliphatic rings. The number of nitrogens with two attached hydrogens (primary N) is 1. The first-order valence-corrected chi connectivity index (χ1v) is 3.35. The molecule has 10 heavy (non-hydrogen) atoms. The lowest BCUT2D eigenvalue weighted by molar-refractivity contribution is 0.430. The Morgan fingerprint density at radius 2 is 2.50 bits per heavy atom. The maximum atomic E-state index is 8.27. The first kappa shape index (κ1) is 6.96. The first-order valence-electron chi connectivity index (χ1n) is 2.53. The summed E-state index contributed by atoms with van der Waals surface area (Å²) in [5.41, 5.74) is 5.98. The predicted octanol–water partition coefficient (Wildman–Crippen LogP) is 1.14. The standard InChI is InChI=1S/C5H5N3OS/c1-3-4(10-2-6)5(7)9-8-3/h7H2,1H3. The van der Waals surface area contributed by atoms with Crippen molar-refractivity contribution in [3.05, 3.63) is 5.69 Å². The van der Waals surface area contributed by atoms with Crippen molar-refractivity contribution in [2.75, 3.05) is 5.73 Å². The predicted molar refractivity (Wildman–Crippen MR) is 37.1 cm³/mol. The quantitative estimate of drug-likeness (QED) is 0.486. The monoisotopic (exact) mass is 155 g/mol. The van der Waals surface area contributed by atoms with Gasteiger partial charge in [-0.25, -0.2) is 0 Å². The molecule has 1 aromatic heterocycles. The highest BCUT2D eigenvalue weighted by molar-refractivity contribution is 8.03. The highest BCUT2D eigenvalue weighted by Gasteiger charge is 2.08. The molecule has 0 saturated carbocycles. The molecule has 0 spiro atoms. The van der Waals surface area contributed by atoms with E-state index in [1.807, 2.05) is 5.40 Å². The van der Waals surface area contributed by atoms with Gasteiger partial charge in [-0.15, -0.1) is 0 Å². The smallest absolute Gasteiger partial charge is 0.237 e. The number of hydrogen-bond acceptors (Lipinski definition) is 5. The number of anilines is 1. The number of thioether (sulfide) groups is 1. The zero-order valence-electron chi connectivity index (χ0n) is 5.29. The van der Waals surface area contributed by atoms with E-state index in [9.17, 15) is 0 Å². The second-order valence-electron chi connectivity index (χ2n) is 1.65. The Kier molecular flexibility index (Phi) is 1.83. The van der Waals surface area contributed by atoms with Gasteiger partial charge in [-0.3, -0.25) is 0 Å². The van der Waals surface area contributed by atoms with E-state index in [1.165, 1.54) is 0 Å².